The largest absolute Gasteiger partial charge is 0.455 e. The smallest absolute Gasteiger partial charge is 0.143 e. The van der Waals surface area contributed by atoms with Crippen molar-refractivity contribution < 1.29 is 4.42 Å². The fraction of sp³-hybridized carbons (Fsp3) is 0.0137. The minimum atomic E-state index is -0.636. The molecule has 14 aromatic rings. The maximum absolute atomic E-state index is 6.70. The van der Waals surface area contributed by atoms with Gasteiger partial charge in [0, 0.05) is 49.7 Å². The Morgan fingerprint density at radius 1 is 0.342 bits per heavy atom. The maximum atomic E-state index is 6.70. The fourth-order valence-electron chi connectivity index (χ4n) is 12.7. The lowest BCUT2D eigenvalue weighted by Crippen LogP contribution is -2.28. The number of aromatic nitrogens is 1. The molecule has 3 nitrogen and oxygen atoms in total. The van der Waals surface area contributed by atoms with Gasteiger partial charge in [0.2, 0.25) is 0 Å². The summed E-state index contributed by atoms with van der Waals surface area (Å²) in [6, 6.07) is 107. The van der Waals surface area contributed by atoms with Gasteiger partial charge in [0.25, 0.3) is 0 Å². The second-order valence-electron chi connectivity index (χ2n) is 19.9. The van der Waals surface area contributed by atoms with Crippen LogP contribution in [0.3, 0.4) is 0 Å². The van der Waals surface area contributed by atoms with Crippen LogP contribution in [0.2, 0.25) is 0 Å². The van der Waals surface area contributed by atoms with Gasteiger partial charge in [-0.1, -0.05) is 224 Å². The topological polar surface area (TPSA) is 21.3 Å². The van der Waals surface area contributed by atoms with Gasteiger partial charge in [-0.15, -0.1) is 0 Å². The van der Waals surface area contributed by atoms with Crippen molar-refractivity contribution in [2.24, 2.45) is 0 Å². The third-order valence-corrected chi connectivity index (χ3v) is 15.8. The van der Waals surface area contributed by atoms with E-state index in [2.05, 4.69) is 295 Å². The van der Waals surface area contributed by atoms with Gasteiger partial charge in [-0.2, -0.15) is 0 Å². The first-order valence-electron chi connectivity index (χ1n) is 26.2. The summed E-state index contributed by atoms with van der Waals surface area (Å²) in [4.78, 5) is 2.50. The Kier molecular flexibility index (Phi) is 10.1. The Morgan fingerprint density at radius 2 is 0.895 bits per heavy atom. The van der Waals surface area contributed by atoms with Gasteiger partial charge in [-0.05, 0) is 122 Å². The molecule has 1 aliphatic rings. The fourth-order valence-corrected chi connectivity index (χ4v) is 12.7. The van der Waals surface area contributed by atoms with Crippen molar-refractivity contribution in [1.29, 1.82) is 0 Å². The third-order valence-electron chi connectivity index (χ3n) is 15.8. The van der Waals surface area contributed by atoms with Crippen LogP contribution in [0, 0.1) is 0 Å². The summed E-state index contributed by atoms with van der Waals surface area (Å²) in [5.74, 6) is 0. The highest BCUT2D eigenvalue weighted by Gasteiger charge is 2.47. The summed E-state index contributed by atoms with van der Waals surface area (Å²) in [5.41, 5.74) is 22.0. The van der Waals surface area contributed by atoms with Gasteiger partial charge in [-0.3, -0.25) is 0 Å². The van der Waals surface area contributed by atoms with Crippen LogP contribution in [0.5, 0.6) is 0 Å². The molecular weight excluding hydrogens is 921 g/mol. The van der Waals surface area contributed by atoms with E-state index in [-0.39, 0.29) is 0 Å². The summed E-state index contributed by atoms with van der Waals surface area (Å²) >= 11 is 0. The van der Waals surface area contributed by atoms with E-state index in [0.29, 0.717) is 0 Å². The van der Waals surface area contributed by atoms with Crippen LogP contribution < -0.4 is 4.90 Å². The van der Waals surface area contributed by atoms with Gasteiger partial charge in [0.05, 0.1) is 22.1 Å². The van der Waals surface area contributed by atoms with Crippen LogP contribution in [0.1, 0.15) is 22.3 Å². The standard InChI is InChI=1S/C73H48N2O/c1-5-22-49(23-6-1)50-44-45-62-65(48-50)73(53-26-7-2-8-27-53,54-28-9-3-10-29-54)64-39-21-42-68(71(62)64)74(57-33-18-25-52(47-57)59-37-19-38-61-60-34-14-16-43-69(60)76-72(59)61)56-32-17-24-51(46-56)58-36-20-41-67-70(58)63-35-13-15-40-66(63)75(67)55-30-11-4-12-31-55/h1-48H. The zero-order valence-electron chi connectivity index (χ0n) is 41.5. The van der Waals surface area contributed by atoms with Crippen molar-refractivity contribution in [3.05, 3.63) is 313 Å². The highest BCUT2D eigenvalue weighted by molar-refractivity contribution is 6.16. The molecular formula is C73H48N2O. The molecule has 12 aromatic carbocycles. The van der Waals surface area contributed by atoms with Gasteiger partial charge in [0.15, 0.2) is 0 Å². The minimum Gasteiger partial charge on any atom is -0.455 e. The molecule has 0 bridgehead atoms. The van der Waals surface area contributed by atoms with E-state index in [1.165, 1.54) is 71.9 Å². The number of nitrogens with zero attached hydrogens (tertiary/aromatic N) is 2. The summed E-state index contributed by atoms with van der Waals surface area (Å²) in [5, 5.41) is 4.67. The maximum Gasteiger partial charge on any atom is 0.143 e. The average Bonchev–Trinajstić information content (AvgIpc) is 4.16. The number of rotatable bonds is 9. The molecule has 3 heteroatoms. The number of para-hydroxylation sites is 4. The van der Waals surface area contributed by atoms with Crippen LogP contribution in [-0.2, 0) is 5.41 Å². The number of hydrogen-bond acceptors (Lipinski definition) is 2. The molecule has 1 aliphatic carbocycles. The normalized spacial score (nSPS) is 12.6. The third kappa shape index (κ3) is 6.69. The molecule has 15 rings (SSSR count). The molecule has 0 unspecified atom stereocenters. The van der Waals surface area contributed by atoms with Crippen LogP contribution >= 0.6 is 0 Å². The molecule has 2 heterocycles. The van der Waals surface area contributed by atoms with E-state index in [1.54, 1.807) is 0 Å². The first kappa shape index (κ1) is 43.6. The molecule has 0 spiro atoms. The average molecular weight is 969 g/mol. The first-order valence-corrected chi connectivity index (χ1v) is 26.2. The Balaban J connectivity index is 1.00. The Morgan fingerprint density at radius 3 is 1.63 bits per heavy atom. The molecule has 0 N–H and O–H groups in total. The van der Waals surface area contributed by atoms with E-state index >= 15 is 0 Å². The van der Waals surface area contributed by atoms with Crippen molar-refractivity contribution in [3.63, 3.8) is 0 Å². The zero-order valence-corrected chi connectivity index (χ0v) is 41.5. The molecule has 356 valence electrons. The molecule has 2 aromatic heterocycles. The zero-order chi connectivity index (χ0) is 50.2. The van der Waals surface area contributed by atoms with Crippen LogP contribution in [0.15, 0.2) is 296 Å². The molecule has 0 saturated heterocycles. The SMILES string of the molecule is c1ccc(-c2ccc3c(c2)C(c2ccccc2)(c2ccccc2)c2cccc(N(c4cccc(-c5cccc6c5oc5ccccc56)c4)c4cccc(-c5cccc6c5c5ccccc5n6-c5ccccc5)c4)c2-3)cc1. The van der Waals surface area contributed by atoms with Crippen molar-refractivity contribution in [1.82, 2.24) is 4.57 Å². The van der Waals surface area contributed by atoms with E-state index in [9.17, 15) is 0 Å². The molecule has 0 aliphatic heterocycles. The lowest BCUT2D eigenvalue weighted by Gasteiger charge is -2.34. The van der Waals surface area contributed by atoms with Crippen molar-refractivity contribution in [2.45, 2.75) is 5.41 Å². The second-order valence-corrected chi connectivity index (χ2v) is 19.9. The molecule has 0 saturated carbocycles. The summed E-state index contributed by atoms with van der Waals surface area (Å²) in [6.07, 6.45) is 0. The number of benzene rings is 12. The highest BCUT2D eigenvalue weighted by atomic mass is 16.3. The van der Waals surface area contributed by atoms with Gasteiger partial charge < -0.3 is 13.9 Å². The van der Waals surface area contributed by atoms with Gasteiger partial charge in [-0.25, -0.2) is 0 Å². The molecule has 0 amide bonds. The molecule has 76 heavy (non-hydrogen) atoms. The van der Waals surface area contributed by atoms with Crippen LogP contribution in [0.25, 0.3) is 93.9 Å². The van der Waals surface area contributed by atoms with Gasteiger partial charge in [0.1, 0.15) is 11.2 Å². The Bertz CT molecular complexity index is 4480. The lowest BCUT2D eigenvalue weighted by atomic mass is 9.67. The van der Waals surface area contributed by atoms with E-state index < -0.39 is 5.41 Å². The van der Waals surface area contributed by atoms with E-state index in [4.69, 9.17) is 4.42 Å². The van der Waals surface area contributed by atoms with Crippen molar-refractivity contribution in [3.8, 4) is 50.2 Å². The quantitative estimate of drug-likeness (QED) is 0.144. The van der Waals surface area contributed by atoms with E-state index in [1.807, 2.05) is 6.07 Å². The minimum absolute atomic E-state index is 0.636. The Hall–Kier alpha value is -9.96. The van der Waals surface area contributed by atoms with E-state index in [0.717, 1.165) is 61.4 Å². The summed E-state index contributed by atoms with van der Waals surface area (Å²) < 4.78 is 9.10. The van der Waals surface area contributed by atoms with Crippen LogP contribution in [0.4, 0.5) is 17.1 Å². The van der Waals surface area contributed by atoms with Gasteiger partial charge >= 0.3 is 0 Å². The molecule has 0 radical (unpaired) electrons. The molecule has 0 atom stereocenters. The lowest BCUT2D eigenvalue weighted by molar-refractivity contribution is 0.670. The highest BCUT2D eigenvalue weighted by Crippen LogP contribution is 2.60. The molecule has 0 fully saturated rings. The number of anilines is 3. The van der Waals surface area contributed by atoms with Crippen molar-refractivity contribution in [2.75, 3.05) is 4.90 Å². The predicted octanol–water partition coefficient (Wildman–Crippen LogP) is 19.5. The number of furan rings is 1. The Labute approximate surface area is 441 Å². The first-order chi connectivity index (χ1) is 37.7. The summed E-state index contributed by atoms with van der Waals surface area (Å²) in [7, 11) is 0. The summed E-state index contributed by atoms with van der Waals surface area (Å²) in [6.45, 7) is 0. The number of hydrogen-bond donors (Lipinski definition) is 0. The number of fused-ring (bicyclic) bond motifs is 9. The monoisotopic (exact) mass is 968 g/mol. The van der Waals surface area contributed by atoms with Crippen LogP contribution in [-0.4, -0.2) is 4.57 Å². The predicted molar refractivity (Wildman–Crippen MR) is 316 cm³/mol. The second kappa shape index (κ2) is 17.6. The van der Waals surface area contributed by atoms with Crippen molar-refractivity contribution >= 4 is 60.8 Å².